The fraction of sp³-hybridized carbons (Fsp3) is 0.600. The Labute approximate surface area is 108 Å². The van der Waals surface area contributed by atoms with E-state index in [1.54, 1.807) is 0 Å². The van der Waals surface area contributed by atoms with Crippen molar-refractivity contribution in [3.63, 3.8) is 0 Å². The molecule has 1 saturated heterocycles. The first-order valence-corrected chi connectivity index (χ1v) is 6.36. The topological polar surface area (TPSA) is 47.0 Å². The summed E-state index contributed by atoms with van der Waals surface area (Å²) in [6.07, 6.45) is 2.54. The molecule has 1 aromatic rings. The first-order valence-electron chi connectivity index (χ1n) is 5.18. The first-order chi connectivity index (χ1) is 7.68. The molecule has 1 aromatic heterocycles. The van der Waals surface area contributed by atoms with Crippen LogP contribution in [0.1, 0.15) is 13.3 Å². The average molecular weight is 307 g/mol. The predicted octanol–water partition coefficient (Wildman–Crippen LogP) is 2.73. The van der Waals surface area contributed by atoms with Crippen molar-refractivity contribution < 1.29 is 4.74 Å². The number of nitrogens with zero attached hydrogens (tertiary/aromatic N) is 2. The second-order valence-electron chi connectivity index (χ2n) is 3.88. The summed E-state index contributed by atoms with van der Waals surface area (Å²) in [5, 5.41) is 3.75. The maximum Gasteiger partial charge on any atom is 0.148 e. The van der Waals surface area contributed by atoms with Crippen molar-refractivity contribution in [2.24, 2.45) is 5.92 Å². The van der Waals surface area contributed by atoms with Gasteiger partial charge in [0.15, 0.2) is 0 Å². The number of ether oxygens (including phenoxy) is 1. The highest BCUT2D eigenvalue weighted by Crippen LogP contribution is 2.28. The Hall–Kier alpha value is -0.390. The summed E-state index contributed by atoms with van der Waals surface area (Å²) >= 11 is 9.26. The summed E-state index contributed by atoms with van der Waals surface area (Å²) in [7, 11) is 0. The van der Waals surface area contributed by atoms with Gasteiger partial charge in [0.2, 0.25) is 0 Å². The van der Waals surface area contributed by atoms with Crippen LogP contribution in [-0.4, -0.2) is 29.2 Å². The van der Waals surface area contributed by atoms with E-state index in [1.165, 1.54) is 6.33 Å². The van der Waals surface area contributed by atoms with Gasteiger partial charge in [-0.05, 0) is 29.3 Å². The maximum atomic E-state index is 5.89. The van der Waals surface area contributed by atoms with Crippen LogP contribution in [0.4, 0.5) is 5.82 Å². The Bertz CT molecular complexity index is 371. The molecule has 0 radical (unpaired) electrons. The Kier molecular flexibility index (Phi) is 4.00. The highest BCUT2D eigenvalue weighted by Gasteiger charge is 2.23. The molecule has 6 heteroatoms. The molecule has 0 bridgehead atoms. The second kappa shape index (κ2) is 5.29. The van der Waals surface area contributed by atoms with Crippen molar-refractivity contribution in [2.75, 3.05) is 18.5 Å². The molecule has 4 nitrogen and oxygen atoms in total. The third-order valence-corrected chi connectivity index (χ3v) is 4.05. The van der Waals surface area contributed by atoms with Gasteiger partial charge >= 0.3 is 0 Å². The minimum absolute atomic E-state index is 0.310. The van der Waals surface area contributed by atoms with Gasteiger partial charge in [0.25, 0.3) is 0 Å². The lowest BCUT2D eigenvalue weighted by molar-refractivity contribution is 0.183. The molecule has 0 saturated carbocycles. The van der Waals surface area contributed by atoms with Crippen LogP contribution in [0.15, 0.2) is 10.8 Å². The van der Waals surface area contributed by atoms with Crippen LogP contribution in [-0.2, 0) is 4.74 Å². The largest absolute Gasteiger partial charge is 0.381 e. The predicted molar refractivity (Wildman–Crippen MR) is 66.8 cm³/mol. The van der Waals surface area contributed by atoms with Gasteiger partial charge in [-0.3, -0.25) is 0 Å². The zero-order valence-electron chi connectivity index (χ0n) is 8.91. The molecule has 0 aliphatic carbocycles. The SMILES string of the molecule is CC(Nc1ncnc(Cl)c1Br)C1CCOC1. The molecule has 2 rings (SSSR count). The third-order valence-electron chi connectivity index (χ3n) is 2.78. The van der Waals surface area contributed by atoms with Gasteiger partial charge in [-0.25, -0.2) is 9.97 Å². The van der Waals surface area contributed by atoms with Crippen LogP contribution in [0, 0.1) is 5.92 Å². The molecule has 0 aromatic carbocycles. The molecule has 16 heavy (non-hydrogen) atoms. The van der Waals surface area contributed by atoms with Crippen molar-refractivity contribution in [3.05, 3.63) is 16.0 Å². The van der Waals surface area contributed by atoms with Gasteiger partial charge in [-0.2, -0.15) is 0 Å². The van der Waals surface area contributed by atoms with Crippen LogP contribution >= 0.6 is 27.5 Å². The lowest BCUT2D eigenvalue weighted by Crippen LogP contribution is -2.26. The number of hydrogen-bond acceptors (Lipinski definition) is 4. The minimum Gasteiger partial charge on any atom is -0.381 e. The number of nitrogens with one attached hydrogen (secondary N) is 1. The fourth-order valence-electron chi connectivity index (χ4n) is 1.73. The molecular weight excluding hydrogens is 293 g/mol. The summed E-state index contributed by atoms with van der Waals surface area (Å²) in [6, 6.07) is 0.310. The normalized spacial score (nSPS) is 22.1. The molecule has 88 valence electrons. The summed E-state index contributed by atoms with van der Waals surface area (Å²) in [5.74, 6) is 1.26. The minimum atomic E-state index is 0.310. The second-order valence-corrected chi connectivity index (χ2v) is 5.03. The van der Waals surface area contributed by atoms with E-state index < -0.39 is 0 Å². The molecule has 1 aliphatic heterocycles. The van der Waals surface area contributed by atoms with E-state index >= 15 is 0 Å². The van der Waals surface area contributed by atoms with Gasteiger partial charge in [0.1, 0.15) is 17.3 Å². The lowest BCUT2D eigenvalue weighted by Gasteiger charge is -2.20. The molecule has 1 fully saturated rings. The Morgan fingerprint density at radius 3 is 3.12 bits per heavy atom. The van der Waals surface area contributed by atoms with E-state index in [0.29, 0.717) is 21.6 Å². The van der Waals surface area contributed by atoms with Crippen LogP contribution in [0.25, 0.3) is 0 Å². The molecule has 1 aliphatic rings. The number of aromatic nitrogens is 2. The van der Waals surface area contributed by atoms with Crippen LogP contribution in [0.3, 0.4) is 0 Å². The van der Waals surface area contributed by atoms with E-state index in [0.717, 1.165) is 25.5 Å². The van der Waals surface area contributed by atoms with E-state index in [9.17, 15) is 0 Å². The van der Waals surface area contributed by atoms with Crippen LogP contribution in [0.5, 0.6) is 0 Å². The van der Waals surface area contributed by atoms with Gasteiger partial charge in [0, 0.05) is 18.6 Å². The quantitative estimate of drug-likeness (QED) is 0.872. The van der Waals surface area contributed by atoms with E-state index in [1.807, 2.05) is 0 Å². The fourth-order valence-corrected chi connectivity index (χ4v) is 2.18. The number of anilines is 1. The molecule has 2 unspecified atom stereocenters. The average Bonchev–Trinajstić information content (AvgIpc) is 2.78. The monoisotopic (exact) mass is 305 g/mol. The Morgan fingerprint density at radius 2 is 2.44 bits per heavy atom. The van der Waals surface area contributed by atoms with Gasteiger partial charge < -0.3 is 10.1 Å². The summed E-state index contributed by atoms with van der Waals surface area (Å²) < 4.78 is 6.07. The summed E-state index contributed by atoms with van der Waals surface area (Å²) in [4.78, 5) is 8.04. The number of rotatable bonds is 3. The van der Waals surface area contributed by atoms with E-state index in [2.05, 4.69) is 38.1 Å². The van der Waals surface area contributed by atoms with E-state index in [4.69, 9.17) is 16.3 Å². The van der Waals surface area contributed by atoms with Crippen molar-refractivity contribution in [3.8, 4) is 0 Å². The summed E-state index contributed by atoms with van der Waals surface area (Å²) in [5.41, 5.74) is 0. The van der Waals surface area contributed by atoms with E-state index in [-0.39, 0.29) is 0 Å². The lowest BCUT2D eigenvalue weighted by atomic mass is 10.0. The molecule has 0 amide bonds. The van der Waals surface area contributed by atoms with Crippen LogP contribution < -0.4 is 5.32 Å². The molecule has 2 atom stereocenters. The van der Waals surface area contributed by atoms with Gasteiger partial charge in [-0.15, -0.1) is 0 Å². The highest BCUT2D eigenvalue weighted by molar-refractivity contribution is 9.10. The molecule has 2 heterocycles. The zero-order valence-corrected chi connectivity index (χ0v) is 11.3. The molecule has 0 spiro atoms. The highest BCUT2D eigenvalue weighted by atomic mass is 79.9. The van der Waals surface area contributed by atoms with Crippen molar-refractivity contribution in [2.45, 2.75) is 19.4 Å². The first kappa shape index (κ1) is 12.1. The van der Waals surface area contributed by atoms with Gasteiger partial charge in [-0.1, -0.05) is 11.6 Å². The molecular formula is C10H13BrClN3O. The van der Waals surface area contributed by atoms with Crippen molar-refractivity contribution in [1.29, 1.82) is 0 Å². The molecule has 1 N–H and O–H groups in total. The van der Waals surface area contributed by atoms with Crippen molar-refractivity contribution >= 4 is 33.3 Å². The number of halogens is 2. The summed E-state index contributed by atoms with van der Waals surface area (Å²) in [6.45, 7) is 3.79. The van der Waals surface area contributed by atoms with Crippen molar-refractivity contribution in [1.82, 2.24) is 9.97 Å². The Balaban J connectivity index is 2.05. The smallest absolute Gasteiger partial charge is 0.148 e. The Morgan fingerprint density at radius 1 is 1.62 bits per heavy atom. The zero-order chi connectivity index (χ0) is 11.5. The maximum absolute atomic E-state index is 5.89. The number of hydrogen-bond donors (Lipinski definition) is 1. The standard InChI is InChI=1S/C10H13BrClN3O/c1-6(7-2-3-16-4-7)15-10-8(11)9(12)13-5-14-10/h5-7H,2-4H2,1H3,(H,13,14,15). The van der Waals surface area contributed by atoms with Crippen LogP contribution in [0.2, 0.25) is 5.15 Å². The third kappa shape index (κ3) is 2.64. The van der Waals surface area contributed by atoms with Gasteiger partial charge in [0.05, 0.1) is 11.1 Å².